The lowest BCUT2D eigenvalue weighted by molar-refractivity contribution is -0.654. The van der Waals surface area contributed by atoms with E-state index in [9.17, 15) is 9.59 Å². The number of aliphatic hydroxyl groups is 1. The average Bonchev–Trinajstić information content (AvgIpc) is 2.89. The van der Waals surface area contributed by atoms with Gasteiger partial charge < -0.3 is 20.5 Å². The summed E-state index contributed by atoms with van der Waals surface area (Å²) in [6.45, 7) is 3.42. The van der Waals surface area contributed by atoms with Crippen LogP contribution in [-0.4, -0.2) is 43.3 Å². The minimum atomic E-state index is -0.339. The summed E-state index contributed by atoms with van der Waals surface area (Å²) in [7, 11) is 0. The van der Waals surface area contributed by atoms with Crippen LogP contribution in [0.2, 0.25) is 0 Å². The number of hydrogen-bond acceptors (Lipinski definition) is 5. The lowest BCUT2D eigenvalue weighted by Gasteiger charge is -2.12. The maximum atomic E-state index is 12.3. The number of aryl methyl sites for hydroxylation is 1. The number of aliphatic hydroxyl groups excluding tert-OH is 1. The van der Waals surface area contributed by atoms with Crippen LogP contribution >= 0.6 is 11.3 Å². The Bertz CT molecular complexity index is 557. The number of anilines is 1. The van der Waals surface area contributed by atoms with Crippen molar-refractivity contribution in [1.29, 1.82) is 0 Å². The Labute approximate surface area is 140 Å². The fourth-order valence-electron chi connectivity index (χ4n) is 2.73. The Morgan fingerprint density at radius 3 is 2.83 bits per heavy atom. The number of carbonyl (C=O) groups is 2. The fraction of sp³-hybridized carbons (Fsp3) is 0.625. The van der Waals surface area contributed by atoms with Crippen molar-refractivity contribution in [3.8, 4) is 0 Å². The first kappa shape index (κ1) is 17.9. The number of amides is 1. The Kier molecular flexibility index (Phi) is 7.01. The molecular formula is C16H25N2O4S+. The third-order valence-electron chi connectivity index (χ3n) is 3.81. The topological polar surface area (TPSA) is 92.2 Å². The molecule has 1 aliphatic rings. The highest BCUT2D eigenvalue weighted by molar-refractivity contribution is 7.17. The van der Waals surface area contributed by atoms with E-state index in [0.717, 1.165) is 31.2 Å². The number of nitrogens with two attached hydrogens (primary N) is 1. The Balaban J connectivity index is 2.09. The van der Waals surface area contributed by atoms with Crippen LogP contribution in [0.5, 0.6) is 0 Å². The van der Waals surface area contributed by atoms with Crippen molar-refractivity contribution in [2.24, 2.45) is 0 Å². The van der Waals surface area contributed by atoms with Gasteiger partial charge in [0.2, 0.25) is 5.91 Å². The van der Waals surface area contributed by atoms with Crippen LogP contribution in [0.1, 0.15) is 47.0 Å². The van der Waals surface area contributed by atoms with Gasteiger partial charge in [-0.1, -0.05) is 0 Å². The Morgan fingerprint density at radius 1 is 1.30 bits per heavy atom. The van der Waals surface area contributed by atoms with Crippen molar-refractivity contribution in [1.82, 2.24) is 0 Å². The van der Waals surface area contributed by atoms with Gasteiger partial charge in [-0.05, 0) is 38.2 Å². The molecule has 0 spiro atoms. The molecule has 0 saturated carbocycles. The molecule has 1 aliphatic carbocycles. The maximum Gasteiger partial charge on any atom is 0.341 e. The molecule has 7 heteroatoms. The van der Waals surface area contributed by atoms with Crippen molar-refractivity contribution in [2.45, 2.75) is 39.0 Å². The second-order valence-electron chi connectivity index (χ2n) is 5.52. The molecule has 1 amide bonds. The lowest BCUT2D eigenvalue weighted by Crippen LogP contribution is -2.85. The molecule has 1 heterocycles. The van der Waals surface area contributed by atoms with Gasteiger partial charge in [-0.25, -0.2) is 4.79 Å². The van der Waals surface area contributed by atoms with Crippen LogP contribution in [0, 0.1) is 0 Å². The van der Waals surface area contributed by atoms with E-state index in [1.165, 1.54) is 16.2 Å². The van der Waals surface area contributed by atoms with Crippen molar-refractivity contribution >= 4 is 28.2 Å². The molecule has 4 N–H and O–H groups in total. The van der Waals surface area contributed by atoms with Gasteiger partial charge in [0.25, 0.3) is 0 Å². The molecule has 0 unspecified atom stereocenters. The molecule has 0 aromatic carbocycles. The molecule has 6 nitrogen and oxygen atoms in total. The highest BCUT2D eigenvalue weighted by Gasteiger charge is 2.27. The van der Waals surface area contributed by atoms with E-state index in [-0.39, 0.29) is 18.5 Å². The molecule has 0 aliphatic heterocycles. The molecular weight excluding hydrogens is 316 g/mol. The highest BCUT2D eigenvalue weighted by Crippen LogP contribution is 2.38. The molecule has 0 saturated heterocycles. The van der Waals surface area contributed by atoms with E-state index in [1.54, 1.807) is 6.92 Å². The summed E-state index contributed by atoms with van der Waals surface area (Å²) in [6.07, 6.45) is 4.39. The number of esters is 1. The number of fused-ring (bicyclic) bond motifs is 1. The molecule has 0 bridgehead atoms. The van der Waals surface area contributed by atoms with E-state index in [2.05, 4.69) is 5.32 Å². The zero-order valence-corrected chi connectivity index (χ0v) is 14.3. The monoisotopic (exact) mass is 341 g/mol. The molecule has 2 rings (SSSR count). The number of carbonyl (C=O) groups excluding carboxylic acids is 2. The standard InChI is InChI=1S/C16H24N2O4S/c1-2-22-16(21)14-11-5-3-4-6-12(11)23-15(14)18-13(20)7-8-17-9-10-19/h17,19H,2-10H2,1H3,(H,18,20)/p+1. The summed E-state index contributed by atoms with van der Waals surface area (Å²) in [4.78, 5) is 25.6. The van der Waals surface area contributed by atoms with Crippen molar-refractivity contribution in [3.05, 3.63) is 16.0 Å². The number of hydrogen-bond donors (Lipinski definition) is 3. The molecule has 23 heavy (non-hydrogen) atoms. The van der Waals surface area contributed by atoms with E-state index in [4.69, 9.17) is 9.84 Å². The predicted octanol–water partition coefficient (Wildman–Crippen LogP) is 0.688. The minimum absolute atomic E-state index is 0.103. The van der Waals surface area contributed by atoms with Crippen LogP contribution in [0.4, 0.5) is 5.00 Å². The normalized spacial score (nSPS) is 13.5. The summed E-state index contributed by atoms with van der Waals surface area (Å²) in [5, 5.41) is 14.1. The van der Waals surface area contributed by atoms with E-state index >= 15 is 0 Å². The quantitative estimate of drug-likeness (QED) is 0.479. The third-order valence-corrected chi connectivity index (χ3v) is 5.02. The van der Waals surface area contributed by atoms with Gasteiger partial charge in [-0.3, -0.25) is 4.79 Å². The number of ether oxygens (including phenoxy) is 1. The van der Waals surface area contributed by atoms with Crippen molar-refractivity contribution in [3.63, 3.8) is 0 Å². The highest BCUT2D eigenvalue weighted by atomic mass is 32.1. The summed E-state index contributed by atoms with van der Waals surface area (Å²) in [5.41, 5.74) is 1.61. The largest absolute Gasteiger partial charge is 0.462 e. The fourth-order valence-corrected chi connectivity index (χ4v) is 4.02. The number of rotatable bonds is 8. The Morgan fingerprint density at radius 2 is 2.09 bits per heavy atom. The second-order valence-corrected chi connectivity index (χ2v) is 6.63. The first-order valence-corrected chi connectivity index (χ1v) is 9.03. The number of thiophene rings is 1. The minimum Gasteiger partial charge on any atom is -0.462 e. The van der Waals surface area contributed by atoms with Crippen molar-refractivity contribution in [2.75, 3.05) is 31.6 Å². The molecule has 1 aromatic rings. The SMILES string of the molecule is CCOC(=O)c1c(NC(=O)CC[NH2+]CCO)sc2c1CCCC2. The van der Waals surface area contributed by atoms with E-state index < -0.39 is 0 Å². The summed E-state index contributed by atoms with van der Waals surface area (Å²) in [6, 6.07) is 0. The summed E-state index contributed by atoms with van der Waals surface area (Å²) >= 11 is 1.51. The first-order valence-electron chi connectivity index (χ1n) is 8.21. The van der Waals surface area contributed by atoms with Gasteiger partial charge >= 0.3 is 5.97 Å². The number of quaternary nitrogens is 1. The van der Waals surface area contributed by atoms with Crippen LogP contribution < -0.4 is 10.6 Å². The zero-order chi connectivity index (χ0) is 16.7. The third kappa shape index (κ3) is 4.76. The average molecular weight is 341 g/mol. The lowest BCUT2D eigenvalue weighted by atomic mass is 9.95. The molecule has 128 valence electrons. The molecule has 0 radical (unpaired) electrons. The van der Waals surface area contributed by atoms with Crippen molar-refractivity contribution < 1.29 is 24.7 Å². The van der Waals surface area contributed by atoms with Gasteiger partial charge in [0, 0.05) is 4.88 Å². The molecule has 0 atom stereocenters. The van der Waals surface area contributed by atoms with Crippen LogP contribution in [0.25, 0.3) is 0 Å². The smallest absolute Gasteiger partial charge is 0.341 e. The Hall–Kier alpha value is -1.44. The van der Waals surface area contributed by atoms with Crippen LogP contribution in [0.15, 0.2) is 0 Å². The van der Waals surface area contributed by atoms with Gasteiger partial charge in [-0.2, -0.15) is 0 Å². The molecule has 1 aromatic heterocycles. The van der Waals surface area contributed by atoms with Gasteiger partial charge in [0.1, 0.15) is 5.00 Å². The predicted molar refractivity (Wildman–Crippen MR) is 88.9 cm³/mol. The zero-order valence-electron chi connectivity index (χ0n) is 13.5. The number of nitrogens with one attached hydrogen (secondary N) is 1. The first-order chi connectivity index (χ1) is 11.2. The van der Waals surface area contributed by atoms with Gasteiger partial charge in [0.05, 0.1) is 38.3 Å². The van der Waals surface area contributed by atoms with E-state index in [0.29, 0.717) is 36.7 Å². The van der Waals surface area contributed by atoms with Gasteiger partial charge in [-0.15, -0.1) is 11.3 Å². The van der Waals surface area contributed by atoms with E-state index in [1.807, 2.05) is 5.32 Å². The van der Waals surface area contributed by atoms with Crippen LogP contribution in [0.3, 0.4) is 0 Å². The summed E-state index contributed by atoms with van der Waals surface area (Å²) < 4.78 is 5.17. The van der Waals surface area contributed by atoms with Gasteiger partial charge in [0.15, 0.2) is 0 Å². The second kappa shape index (κ2) is 9.00. The summed E-state index contributed by atoms with van der Waals surface area (Å²) in [5.74, 6) is -0.447. The maximum absolute atomic E-state index is 12.3. The molecule has 0 fully saturated rings. The van der Waals surface area contributed by atoms with Crippen LogP contribution in [-0.2, 0) is 22.4 Å².